The summed E-state index contributed by atoms with van der Waals surface area (Å²) in [5.41, 5.74) is 20.9. The molecule has 25 nitrogen and oxygen atoms in total. The molecular formula is C61H77N13O12S2. The molecule has 0 aliphatic heterocycles. The van der Waals surface area contributed by atoms with E-state index < -0.39 is 126 Å². The number of aromatic nitrogens is 2. The van der Waals surface area contributed by atoms with Gasteiger partial charge in [-0.15, -0.1) is 0 Å². The number of H-pyrrole nitrogens is 2. The van der Waals surface area contributed by atoms with Crippen LogP contribution >= 0.6 is 25.3 Å². The molecule has 2 aromatic heterocycles. The Morgan fingerprint density at radius 3 is 1.51 bits per heavy atom. The molecule has 0 aliphatic rings. The second-order valence-electron chi connectivity index (χ2n) is 21.2. The maximum atomic E-state index is 15.2. The second kappa shape index (κ2) is 34.0. The van der Waals surface area contributed by atoms with Gasteiger partial charge in [0, 0.05) is 84.4 Å². The lowest BCUT2D eigenvalue weighted by Crippen LogP contribution is -2.62. The summed E-state index contributed by atoms with van der Waals surface area (Å²) in [6.07, 6.45) is 1.48. The minimum Gasteiger partial charge on any atom is -0.480 e. The van der Waals surface area contributed by atoms with E-state index in [-0.39, 0.29) is 63.8 Å². The molecule has 17 N–H and O–H groups in total. The van der Waals surface area contributed by atoms with Crippen molar-refractivity contribution in [2.45, 2.75) is 113 Å². The average Bonchev–Trinajstić information content (AvgIpc) is 3.70. The van der Waals surface area contributed by atoms with Crippen molar-refractivity contribution < 1.29 is 58.2 Å². The summed E-state index contributed by atoms with van der Waals surface area (Å²) in [4.78, 5) is 146. The van der Waals surface area contributed by atoms with Crippen LogP contribution in [0.15, 0.2) is 122 Å². The fourth-order valence-electron chi connectivity index (χ4n) is 9.87. The minimum absolute atomic E-state index is 0.0148. The average molecular weight is 1250 g/mol. The second-order valence-corrected chi connectivity index (χ2v) is 21.9. The zero-order valence-electron chi connectivity index (χ0n) is 48.5. The molecule has 6 aromatic rings. The number of para-hydroxylation sites is 2. The highest BCUT2D eigenvalue weighted by atomic mass is 32.1. The van der Waals surface area contributed by atoms with E-state index in [0.717, 1.165) is 10.9 Å². The molecule has 2 heterocycles. The summed E-state index contributed by atoms with van der Waals surface area (Å²) >= 11 is 8.13. The van der Waals surface area contributed by atoms with Gasteiger partial charge in [0.2, 0.25) is 53.2 Å². The maximum Gasteiger partial charge on any atom is 0.327 e. The highest BCUT2D eigenvalue weighted by molar-refractivity contribution is 7.80. The highest BCUT2D eigenvalue weighted by Gasteiger charge is 2.39. The van der Waals surface area contributed by atoms with Gasteiger partial charge in [-0.2, -0.15) is 25.3 Å². The van der Waals surface area contributed by atoms with Gasteiger partial charge >= 0.3 is 5.97 Å². The SMILES string of the molecule is C[C@@H](O)[C@H](NC(=O)[C@H](CCCCN)NC(=O)[C@@H](Cc1c[nH]c2ccccc12)NC(=O)[C@H](Cc1c[nH]c2ccccc12)NC(=O)[C@H](Cc1ccccc1)NC(=O)CCNC(=O)[C@H](N)CS)C(=O)N[C@@H](Cc1ccccc1)C(=O)N(CC(N)=O)[C@H](CS)C(=O)O. The van der Waals surface area contributed by atoms with Gasteiger partial charge in [0.15, 0.2) is 0 Å². The van der Waals surface area contributed by atoms with Crippen LogP contribution in [0.25, 0.3) is 21.8 Å². The smallest absolute Gasteiger partial charge is 0.327 e. The van der Waals surface area contributed by atoms with Crippen molar-refractivity contribution in [3.63, 3.8) is 0 Å². The third-order valence-corrected chi connectivity index (χ3v) is 15.3. The van der Waals surface area contributed by atoms with E-state index in [4.69, 9.17) is 17.2 Å². The predicted octanol–water partition coefficient (Wildman–Crippen LogP) is -0.201. The number of aliphatic carboxylic acids is 1. The van der Waals surface area contributed by atoms with E-state index in [9.17, 15) is 48.6 Å². The molecule has 0 aliphatic carbocycles. The zero-order valence-corrected chi connectivity index (χ0v) is 50.3. The van der Waals surface area contributed by atoms with E-state index in [0.29, 0.717) is 44.5 Å². The number of hydrogen-bond acceptors (Lipinski definition) is 15. The largest absolute Gasteiger partial charge is 0.480 e. The van der Waals surface area contributed by atoms with Crippen LogP contribution < -0.4 is 54.4 Å². The summed E-state index contributed by atoms with van der Waals surface area (Å²) in [5.74, 6) is -9.60. The first-order valence-corrected chi connectivity index (χ1v) is 29.9. The van der Waals surface area contributed by atoms with Crippen molar-refractivity contribution in [1.29, 1.82) is 0 Å². The molecule has 9 atom stereocenters. The van der Waals surface area contributed by atoms with Gasteiger partial charge in [-0.1, -0.05) is 97.1 Å². The zero-order chi connectivity index (χ0) is 63.9. The molecule has 6 rings (SSSR count). The molecule has 0 saturated carbocycles. The molecule has 88 heavy (non-hydrogen) atoms. The number of nitrogens with zero attached hydrogens (tertiary/aromatic N) is 1. The number of hydrogen-bond donors (Lipinski definition) is 16. The number of amides is 9. The fourth-order valence-corrected chi connectivity index (χ4v) is 10.4. The molecule has 9 amide bonds. The van der Waals surface area contributed by atoms with Crippen LogP contribution in [0.1, 0.15) is 54.9 Å². The molecule has 0 spiro atoms. The molecule has 470 valence electrons. The van der Waals surface area contributed by atoms with Gasteiger partial charge in [0.1, 0.15) is 48.8 Å². The molecule has 0 saturated heterocycles. The summed E-state index contributed by atoms with van der Waals surface area (Å²) in [7, 11) is 0. The van der Waals surface area contributed by atoms with Crippen LogP contribution in [0.2, 0.25) is 0 Å². The number of fused-ring (bicyclic) bond motifs is 2. The summed E-state index contributed by atoms with van der Waals surface area (Å²) in [6, 6.07) is 20.0. The van der Waals surface area contributed by atoms with Crippen LogP contribution in [0.5, 0.6) is 0 Å². The van der Waals surface area contributed by atoms with Gasteiger partial charge in [0.25, 0.3) is 0 Å². The Bertz CT molecular complexity index is 3370. The lowest BCUT2D eigenvalue weighted by atomic mass is 10.00. The number of rotatable bonds is 35. The van der Waals surface area contributed by atoms with Crippen molar-refractivity contribution in [1.82, 2.24) is 52.1 Å². The number of carboxylic acid groups (broad SMARTS) is 1. The molecule has 27 heteroatoms. The molecule has 0 radical (unpaired) electrons. The Morgan fingerprint density at radius 1 is 0.568 bits per heavy atom. The normalized spacial score (nSPS) is 14.3. The third-order valence-electron chi connectivity index (χ3n) is 14.6. The van der Waals surface area contributed by atoms with Gasteiger partial charge in [0.05, 0.1) is 12.1 Å². The van der Waals surface area contributed by atoms with E-state index in [1.165, 1.54) is 6.92 Å². The van der Waals surface area contributed by atoms with Gasteiger partial charge in [-0.3, -0.25) is 43.2 Å². The summed E-state index contributed by atoms with van der Waals surface area (Å²) in [5, 5.41) is 41.4. The van der Waals surface area contributed by atoms with Gasteiger partial charge < -0.3 is 79.5 Å². The van der Waals surface area contributed by atoms with Crippen molar-refractivity contribution in [2.24, 2.45) is 17.2 Å². The number of carboxylic acids is 1. The first-order valence-electron chi connectivity index (χ1n) is 28.6. The van der Waals surface area contributed by atoms with Crippen LogP contribution in [0.3, 0.4) is 0 Å². The molecule has 0 unspecified atom stereocenters. The Kier molecular flexibility index (Phi) is 26.4. The number of unbranched alkanes of at least 4 members (excludes halogenated alkanes) is 1. The van der Waals surface area contributed by atoms with Crippen LogP contribution in [-0.2, 0) is 73.6 Å². The number of benzene rings is 4. The van der Waals surface area contributed by atoms with Gasteiger partial charge in [-0.25, -0.2) is 4.79 Å². The molecule has 4 aromatic carbocycles. The van der Waals surface area contributed by atoms with E-state index in [2.05, 4.69) is 72.4 Å². The predicted molar refractivity (Wildman–Crippen MR) is 336 cm³/mol. The molecular weight excluding hydrogens is 1170 g/mol. The Balaban J connectivity index is 1.31. The molecule has 0 fully saturated rings. The number of aliphatic hydroxyl groups is 1. The Morgan fingerprint density at radius 2 is 1.03 bits per heavy atom. The lowest BCUT2D eigenvalue weighted by Gasteiger charge is -2.32. The Hall–Kier alpha value is -8.76. The Labute approximate surface area is 519 Å². The van der Waals surface area contributed by atoms with Crippen molar-refractivity contribution in [3.8, 4) is 0 Å². The fraction of sp³-hybridized carbons (Fsp3) is 0.377. The van der Waals surface area contributed by atoms with Crippen molar-refractivity contribution >= 4 is 106 Å². The molecule has 0 bridgehead atoms. The number of carbonyl (C=O) groups is 10. The number of aliphatic hydroxyl groups excluding tert-OH is 1. The third kappa shape index (κ3) is 19.9. The lowest BCUT2D eigenvalue weighted by molar-refractivity contribution is -0.151. The van der Waals surface area contributed by atoms with E-state index in [1.54, 1.807) is 85.2 Å². The topological polar surface area (TPSA) is 408 Å². The van der Waals surface area contributed by atoms with Crippen molar-refractivity contribution in [3.05, 3.63) is 144 Å². The number of nitrogens with two attached hydrogens (primary N) is 3. The first kappa shape index (κ1) is 68.4. The monoisotopic (exact) mass is 1250 g/mol. The van der Waals surface area contributed by atoms with Crippen molar-refractivity contribution in [2.75, 3.05) is 31.1 Å². The quantitative estimate of drug-likeness (QED) is 0.0181. The summed E-state index contributed by atoms with van der Waals surface area (Å²) < 4.78 is 0. The number of carbonyl (C=O) groups excluding carboxylic acids is 9. The number of nitrogens with one attached hydrogen (secondary N) is 9. The van der Waals surface area contributed by atoms with E-state index >= 15 is 9.59 Å². The number of primary amides is 1. The maximum absolute atomic E-state index is 15.2. The van der Waals surface area contributed by atoms with Crippen LogP contribution in [0.4, 0.5) is 0 Å². The first-order chi connectivity index (χ1) is 42.2. The van der Waals surface area contributed by atoms with Crippen LogP contribution in [0, 0.1) is 0 Å². The number of aromatic amines is 2. The standard InChI is InChI=1S/C61H77N13O12S2/c1-35(75)53(59(83)72-49(27-37-16-6-3-7-17-37)60(84)74(32-51(64)76)50(34-88)61(85)86)73-55(79)45(22-12-13-24-62)69-57(81)47(28-38-30-66-43-20-10-8-18-40(38)43)71-58(82)48(29-39-31-67-44-21-11-9-19-41(39)44)70-56(80)46(26-36-14-4-2-5-15-36)68-52(77)23-25-65-54(78)42(63)33-87/h2-11,14-21,30-31,35,42,45-50,53,66-67,75,87-88H,12-13,22-29,32-34,62-63H2,1H3,(H2,64,76)(H,65,78)(H,68,77)(H,69,81)(H,70,80)(H,71,82)(H,72,83)(H,73,79)(H,85,86)/t35-,42-,45+,46+,47-,48+,49+,50-,53+/m1/s1. The van der Waals surface area contributed by atoms with E-state index in [1.807, 2.05) is 36.4 Å². The summed E-state index contributed by atoms with van der Waals surface area (Å²) in [6.45, 7) is 0.438. The van der Waals surface area contributed by atoms with Gasteiger partial charge in [-0.05, 0) is 67.1 Å². The minimum atomic E-state index is -1.81. The highest BCUT2D eigenvalue weighted by Crippen LogP contribution is 2.22. The van der Waals surface area contributed by atoms with Crippen LogP contribution in [-0.4, -0.2) is 170 Å². The number of thiol groups is 2.